The van der Waals surface area contributed by atoms with Crippen LogP contribution in [0.15, 0.2) is 48.5 Å². The Morgan fingerprint density at radius 3 is 2.57 bits per heavy atom. The lowest BCUT2D eigenvalue weighted by molar-refractivity contribution is 0.634. The number of rotatable bonds is 4. The van der Waals surface area contributed by atoms with Gasteiger partial charge >= 0.3 is 0 Å². The fraction of sp³-hybridized carbons (Fsp3) is 0.278. The molecule has 3 rings (SSSR count). The van der Waals surface area contributed by atoms with Crippen molar-refractivity contribution in [3.63, 3.8) is 0 Å². The van der Waals surface area contributed by atoms with Crippen LogP contribution < -0.4 is 0 Å². The minimum Gasteiger partial charge on any atom is -0.320 e. The molecule has 1 unspecified atom stereocenters. The monoisotopic (exact) mass is 298 g/mol. The quantitative estimate of drug-likeness (QED) is 0.623. The van der Waals surface area contributed by atoms with Crippen molar-refractivity contribution in [1.29, 1.82) is 0 Å². The molecule has 1 atom stereocenters. The molecular weight excluding hydrogens is 280 g/mol. The van der Waals surface area contributed by atoms with Gasteiger partial charge in [-0.05, 0) is 36.6 Å². The van der Waals surface area contributed by atoms with Crippen LogP contribution in [-0.2, 0) is 12.3 Å². The third kappa shape index (κ3) is 2.56. The molecule has 0 aliphatic carbocycles. The van der Waals surface area contributed by atoms with Crippen LogP contribution in [0.4, 0.5) is 0 Å². The number of fused-ring (bicyclic) bond motifs is 1. The number of benzene rings is 2. The first-order chi connectivity index (χ1) is 10.2. The van der Waals surface area contributed by atoms with Gasteiger partial charge in [0.15, 0.2) is 0 Å². The fourth-order valence-electron chi connectivity index (χ4n) is 2.82. The zero-order valence-electron chi connectivity index (χ0n) is 12.4. The van der Waals surface area contributed by atoms with Crippen LogP contribution in [0.5, 0.6) is 0 Å². The number of imidazole rings is 1. The Morgan fingerprint density at radius 2 is 1.90 bits per heavy atom. The topological polar surface area (TPSA) is 17.8 Å². The highest BCUT2D eigenvalue weighted by Crippen LogP contribution is 2.27. The summed E-state index contributed by atoms with van der Waals surface area (Å²) in [6.45, 7) is 4.35. The zero-order chi connectivity index (χ0) is 14.8. The van der Waals surface area contributed by atoms with Crippen molar-refractivity contribution < 1.29 is 0 Å². The SMILES string of the molecule is CCc1ccc2c(c1)nc(CCl)n2C(C)c1ccccc1. The number of nitrogens with zero attached hydrogens (tertiary/aromatic N) is 2. The highest BCUT2D eigenvalue weighted by atomic mass is 35.5. The summed E-state index contributed by atoms with van der Waals surface area (Å²) in [5, 5.41) is 0. The summed E-state index contributed by atoms with van der Waals surface area (Å²) in [6, 6.07) is 17.2. The largest absolute Gasteiger partial charge is 0.320 e. The molecule has 2 nitrogen and oxygen atoms in total. The van der Waals surface area contributed by atoms with Gasteiger partial charge in [-0.25, -0.2) is 4.98 Å². The molecule has 0 amide bonds. The molecule has 0 radical (unpaired) electrons. The summed E-state index contributed by atoms with van der Waals surface area (Å²) in [7, 11) is 0. The number of hydrogen-bond acceptors (Lipinski definition) is 1. The predicted octanol–water partition coefficient (Wildman–Crippen LogP) is 4.95. The average Bonchev–Trinajstić information content (AvgIpc) is 2.92. The van der Waals surface area contributed by atoms with E-state index in [1.165, 1.54) is 11.1 Å². The van der Waals surface area contributed by atoms with E-state index in [1.54, 1.807) is 0 Å². The molecule has 0 saturated carbocycles. The highest BCUT2D eigenvalue weighted by molar-refractivity contribution is 6.16. The Kier molecular flexibility index (Phi) is 3.98. The molecule has 0 spiro atoms. The number of alkyl halides is 1. The number of aryl methyl sites for hydroxylation is 1. The van der Waals surface area contributed by atoms with Crippen LogP contribution in [-0.4, -0.2) is 9.55 Å². The summed E-state index contributed by atoms with van der Waals surface area (Å²) in [5.41, 5.74) is 4.76. The summed E-state index contributed by atoms with van der Waals surface area (Å²) >= 11 is 6.13. The molecular formula is C18H19ClN2. The first-order valence-corrected chi connectivity index (χ1v) is 7.88. The van der Waals surface area contributed by atoms with Gasteiger partial charge in [-0.15, -0.1) is 11.6 Å². The van der Waals surface area contributed by atoms with E-state index in [-0.39, 0.29) is 6.04 Å². The molecule has 108 valence electrons. The Bertz CT molecular complexity index is 747. The summed E-state index contributed by atoms with van der Waals surface area (Å²) in [4.78, 5) is 4.72. The van der Waals surface area contributed by atoms with Crippen molar-refractivity contribution in [2.24, 2.45) is 0 Å². The summed E-state index contributed by atoms with van der Waals surface area (Å²) in [6.07, 6.45) is 1.02. The van der Waals surface area contributed by atoms with Crippen molar-refractivity contribution >= 4 is 22.6 Å². The molecule has 0 saturated heterocycles. The van der Waals surface area contributed by atoms with Crippen molar-refractivity contribution in [2.75, 3.05) is 0 Å². The van der Waals surface area contributed by atoms with E-state index in [4.69, 9.17) is 16.6 Å². The molecule has 0 N–H and O–H groups in total. The van der Waals surface area contributed by atoms with Gasteiger partial charge in [0.2, 0.25) is 0 Å². The second-order valence-electron chi connectivity index (χ2n) is 5.29. The van der Waals surface area contributed by atoms with Crippen molar-refractivity contribution in [2.45, 2.75) is 32.2 Å². The second-order valence-corrected chi connectivity index (χ2v) is 5.56. The molecule has 0 aliphatic rings. The minimum absolute atomic E-state index is 0.220. The van der Waals surface area contributed by atoms with Gasteiger partial charge in [0.25, 0.3) is 0 Å². The van der Waals surface area contributed by atoms with E-state index in [2.05, 4.69) is 60.9 Å². The number of halogens is 1. The molecule has 3 heteroatoms. The normalized spacial score (nSPS) is 12.7. The van der Waals surface area contributed by atoms with E-state index in [1.807, 2.05) is 6.07 Å². The average molecular weight is 299 g/mol. The molecule has 1 heterocycles. The predicted molar refractivity (Wildman–Crippen MR) is 88.9 cm³/mol. The van der Waals surface area contributed by atoms with E-state index < -0.39 is 0 Å². The van der Waals surface area contributed by atoms with E-state index in [0.29, 0.717) is 5.88 Å². The lowest BCUT2D eigenvalue weighted by Crippen LogP contribution is -2.09. The van der Waals surface area contributed by atoms with Crippen LogP contribution in [0.25, 0.3) is 11.0 Å². The molecule has 0 aliphatic heterocycles. The van der Waals surface area contributed by atoms with Crippen LogP contribution >= 0.6 is 11.6 Å². The summed E-state index contributed by atoms with van der Waals surface area (Å²) in [5.74, 6) is 1.35. The molecule has 2 aromatic carbocycles. The minimum atomic E-state index is 0.220. The Hall–Kier alpha value is -1.80. The van der Waals surface area contributed by atoms with E-state index >= 15 is 0 Å². The first-order valence-electron chi connectivity index (χ1n) is 7.35. The Labute approximate surface area is 130 Å². The Balaban J connectivity index is 2.16. The van der Waals surface area contributed by atoms with Gasteiger partial charge in [0.05, 0.1) is 23.0 Å². The second kappa shape index (κ2) is 5.90. The lowest BCUT2D eigenvalue weighted by Gasteiger charge is -2.17. The number of aromatic nitrogens is 2. The van der Waals surface area contributed by atoms with Gasteiger partial charge < -0.3 is 4.57 Å². The molecule has 0 fully saturated rings. The number of hydrogen-bond donors (Lipinski definition) is 0. The van der Waals surface area contributed by atoms with Gasteiger partial charge in [0.1, 0.15) is 5.82 Å². The van der Waals surface area contributed by atoms with Gasteiger partial charge in [-0.1, -0.05) is 43.3 Å². The maximum Gasteiger partial charge on any atom is 0.125 e. The van der Waals surface area contributed by atoms with Crippen LogP contribution in [0.2, 0.25) is 0 Å². The third-order valence-corrected chi connectivity index (χ3v) is 4.26. The highest BCUT2D eigenvalue weighted by Gasteiger charge is 2.16. The fourth-order valence-corrected chi connectivity index (χ4v) is 3.01. The Morgan fingerprint density at radius 1 is 1.14 bits per heavy atom. The first kappa shape index (κ1) is 14.2. The molecule has 3 aromatic rings. The van der Waals surface area contributed by atoms with Crippen LogP contribution in [0, 0.1) is 0 Å². The standard InChI is InChI=1S/C18H19ClN2/c1-3-14-9-10-17-16(11-14)20-18(12-19)21(17)13(2)15-7-5-4-6-8-15/h4-11,13H,3,12H2,1-2H3. The lowest BCUT2D eigenvalue weighted by atomic mass is 10.1. The molecule has 0 bridgehead atoms. The maximum absolute atomic E-state index is 6.13. The van der Waals surface area contributed by atoms with Crippen LogP contribution in [0.3, 0.4) is 0 Å². The van der Waals surface area contributed by atoms with Crippen molar-refractivity contribution in [3.8, 4) is 0 Å². The third-order valence-electron chi connectivity index (χ3n) is 4.02. The smallest absolute Gasteiger partial charge is 0.125 e. The van der Waals surface area contributed by atoms with Crippen molar-refractivity contribution in [3.05, 3.63) is 65.5 Å². The van der Waals surface area contributed by atoms with E-state index in [9.17, 15) is 0 Å². The summed E-state index contributed by atoms with van der Waals surface area (Å²) < 4.78 is 2.25. The van der Waals surface area contributed by atoms with Crippen molar-refractivity contribution in [1.82, 2.24) is 9.55 Å². The molecule has 21 heavy (non-hydrogen) atoms. The van der Waals surface area contributed by atoms with Crippen LogP contribution in [0.1, 0.15) is 36.8 Å². The zero-order valence-corrected chi connectivity index (χ0v) is 13.1. The van der Waals surface area contributed by atoms with Gasteiger partial charge in [-0.2, -0.15) is 0 Å². The van der Waals surface area contributed by atoms with Gasteiger partial charge in [0, 0.05) is 0 Å². The van der Waals surface area contributed by atoms with Gasteiger partial charge in [-0.3, -0.25) is 0 Å². The van der Waals surface area contributed by atoms with E-state index in [0.717, 1.165) is 23.3 Å². The maximum atomic E-state index is 6.13. The molecule has 1 aromatic heterocycles.